The molecule has 136 valence electrons. The Labute approximate surface area is 154 Å². The fourth-order valence-corrected chi connectivity index (χ4v) is 3.35. The predicted molar refractivity (Wildman–Crippen MR) is 97.1 cm³/mol. The number of hydrogen-bond donors (Lipinski definition) is 3. The summed E-state index contributed by atoms with van der Waals surface area (Å²) >= 11 is 0. The Morgan fingerprint density at radius 1 is 1.00 bits per heavy atom. The number of rotatable bonds is 5. The Balaban J connectivity index is 1.58. The van der Waals surface area contributed by atoms with Crippen LogP contribution in [0.5, 0.6) is 0 Å². The molecule has 2 aromatic carbocycles. The van der Waals surface area contributed by atoms with Crippen molar-refractivity contribution in [1.82, 2.24) is 20.2 Å². The molecule has 0 bridgehead atoms. The van der Waals surface area contributed by atoms with Crippen LogP contribution in [0.25, 0.3) is 11.1 Å². The van der Waals surface area contributed by atoms with E-state index in [1.165, 1.54) is 17.3 Å². The average Bonchev–Trinajstić information content (AvgIpc) is 3.31. The standard InChI is InChI=1S/C19H17N5O3/c25-9-16(18(26)23-24-10-20-21-11-24)22-19(27)17-14-7-3-1-5-12(14)13-6-2-4-8-15(13)17/h1-8,10-11,16-17,25H,9H2,(H,22,27)(H,23,26)/t16-/m0/s1. The number of carbonyl (C=O) groups is 2. The molecule has 1 aliphatic rings. The summed E-state index contributed by atoms with van der Waals surface area (Å²) in [5.41, 5.74) is 6.25. The van der Waals surface area contributed by atoms with Gasteiger partial charge in [0.25, 0.3) is 5.91 Å². The summed E-state index contributed by atoms with van der Waals surface area (Å²) in [5, 5.41) is 19.4. The third-order valence-electron chi connectivity index (χ3n) is 4.57. The van der Waals surface area contributed by atoms with Crippen molar-refractivity contribution in [3.8, 4) is 11.1 Å². The zero-order valence-corrected chi connectivity index (χ0v) is 14.2. The number of aliphatic hydroxyl groups is 1. The highest BCUT2D eigenvalue weighted by Crippen LogP contribution is 2.44. The number of aromatic nitrogens is 3. The molecular weight excluding hydrogens is 346 g/mol. The third-order valence-corrected chi connectivity index (χ3v) is 4.57. The SMILES string of the molecule is O=C(N[C@@H](CO)C(=O)Nn1cnnc1)C1c2ccccc2-c2ccccc21. The quantitative estimate of drug-likeness (QED) is 0.616. The number of nitrogens with one attached hydrogen (secondary N) is 2. The number of amides is 2. The van der Waals surface area contributed by atoms with Gasteiger partial charge in [-0.15, -0.1) is 10.2 Å². The molecule has 0 aliphatic heterocycles. The minimum atomic E-state index is -1.10. The van der Waals surface area contributed by atoms with Gasteiger partial charge in [-0.2, -0.15) is 0 Å². The van der Waals surface area contributed by atoms with Crippen LogP contribution in [0.1, 0.15) is 17.0 Å². The van der Waals surface area contributed by atoms with Crippen LogP contribution >= 0.6 is 0 Å². The lowest BCUT2D eigenvalue weighted by Crippen LogP contribution is -2.49. The second kappa shape index (κ2) is 7.00. The van der Waals surface area contributed by atoms with Crippen LogP contribution in [0.4, 0.5) is 0 Å². The van der Waals surface area contributed by atoms with Gasteiger partial charge in [0.1, 0.15) is 18.7 Å². The number of hydrogen-bond acceptors (Lipinski definition) is 5. The molecule has 8 nitrogen and oxygen atoms in total. The number of aliphatic hydroxyl groups excluding tert-OH is 1. The molecule has 3 N–H and O–H groups in total. The molecule has 0 radical (unpaired) electrons. The Bertz CT molecular complexity index is 941. The lowest BCUT2D eigenvalue weighted by Gasteiger charge is -2.20. The number of benzene rings is 2. The van der Waals surface area contributed by atoms with Gasteiger partial charge >= 0.3 is 0 Å². The van der Waals surface area contributed by atoms with Gasteiger partial charge in [0.05, 0.1) is 12.5 Å². The van der Waals surface area contributed by atoms with Crippen LogP contribution in [0.15, 0.2) is 61.2 Å². The van der Waals surface area contributed by atoms with Gasteiger partial charge in [-0.3, -0.25) is 15.0 Å². The van der Waals surface area contributed by atoms with E-state index in [2.05, 4.69) is 20.9 Å². The first-order valence-electron chi connectivity index (χ1n) is 8.44. The number of nitrogens with zero attached hydrogens (tertiary/aromatic N) is 3. The second-order valence-corrected chi connectivity index (χ2v) is 6.20. The summed E-state index contributed by atoms with van der Waals surface area (Å²) < 4.78 is 1.25. The Morgan fingerprint density at radius 3 is 2.11 bits per heavy atom. The first-order chi connectivity index (χ1) is 13.2. The third kappa shape index (κ3) is 3.06. The molecular formula is C19H17N5O3. The monoisotopic (exact) mass is 363 g/mol. The van der Waals surface area contributed by atoms with Crippen molar-refractivity contribution in [3.63, 3.8) is 0 Å². The van der Waals surface area contributed by atoms with Crippen LogP contribution in [-0.2, 0) is 9.59 Å². The van der Waals surface area contributed by atoms with Crippen molar-refractivity contribution in [2.24, 2.45) is 0 Å². The zero-order valence-electron chi connectivity index (χ0n) is 14.2. The van der Waals surface area contributed by atoms with Crippen molar-refractivity contribution in [3.05, 3.63) is 72.3 Å². The second-order valence-electron chi connectivity index (χ2n) is 6.20. The molecule has 4 rings (SSSR count). The Kier molecular flexibility index (Phi) is 4.39. The highest BCUT2D eigenvalue weighted by molar-refractivity contribution is 5.99. The maximum Gasteiger partial charge on any atom is 0.263 e. The predicted octanol–water partition coefficient (Wildman–Crippen LogP) is 0.638. The van der Waals surface area contributed by atoms with Crippen molar-refractivity contribution >= 4 is 11.8 Å². The van der Waals surface area contributed by atoms with E-state index in [0.29, 0.717) is 0 Å². The molecule has 0 fully saturated rings. The lowest BCUT2D eigenvalue weighted by atomic mass is 9.95. The molecule has 1 atom stereocenters. The summed E-state index contributed by atoms with van der Waals surface area (Å²) in [4.78, 5) is 25.3. The van der Waals surface area contributed by atoms with E-state index in [1.807, 2.05) is 48.5 Å². The molecule has 1 aromatic heterocycles. The molecule has 2 amide bonds. The fraction of sp³-hybridized carbons (Fsp3) is 0.158. The summed E-state index contributed by atoms with van der Waals surface area (Å²) in [5.74, 6) is -1.44. The van der Waals surface area contributed by atoms with Gasteiger partial charge in [0.2, 0.25) is 5.91 Å². The first-order valence-corrected chi connectivity index (χ1v) is 8.44. The topological polar surface area (TPSA) is 109 Å². The van der Waals surface area contributed by atoms with Gasteiger partial charge in [0.15, 0.2) is 0 Å². The van der Waals surface area contributed by atoms with E-state index in [-0.39, 0.29) is 5.91 Å². The highest BCUT2D eigenvalue weighted by atomic mass is 16.3. The number of carbonyl (C=O) groups excluding carboxylic acids is 2. The van der Waals surface area contributed by atoms with Crippen molar-refractivity contribution in [2.75, 3.05) is 12.0 Å². The average molecular weight is 363 g/mol. The van der Waals surface area contributed by atoms with E-state index >= 15 is 0 Å². The molecule has 0 unspecified atom stereocenters. The van der Waals surface area contributed by atoms with Crippen LogP contribution in [-0.4, -0.2) is 44.4 Å². The molecule has 1 heterocycles. The first kappa shape index (κ1) is 16.9. The highest BCUT2D eigenvalue weighted by Gasteiger charge is 2.35. The minimum absolute atomic E-state index is 0.342. The normalized spacial score (nSPS) is 13.5. The molecule has 0 spiro atoms. The maximum absolute atomic E-state index is 13.0. The number of fused-ring (bicyclic) bond motifs is 3. The lowest BCUT2D eigenvalue weighted by molar-refractivity contribution is -0.128. The van der Waals surface area contributed by atoms with Gasteiger partial charge in [-0.1, -0.05) is 48.5 Å². The van der Waals surface area contributed by atoms with Crippen molar-refractivity contribution in [1.29, 1.82) is 0 Å². The summed E-state index contributed by atoms with van der Waals surface area (Å²) in [6.07, 6.45) is 2.61. The Morgan fingerprint density at radius 2 is 1.56 bits per heavy atom. The van der Waals surface area contributed by atoms with E-state index in [9.17, 15) is 14.7 Å². The van der Waals surface area contributed by atoms with Gasteiger partial charge < -0.3 is 10.4 Å². The molecule has 0 saturated heterocycles. The minimum Gasteiger partial charge on any atom is -0.394 e. The molecule has 8 heteroatoms. The van der Waals surface area contributed by atoms with Gasteiger partial charge in [-0.05, 0) is 22.3 Å². The molecule has 0 saturated carbocycles. The smallest absolute Gasteiger partial charge is 0.263 e. The van der Waals surface area contributed by atoms with Crippen LogP contribution < -0.4 is 10.7 Å². The van der Waals surface area contributed by atoms with Gasteiger partial charge in [0, 0.05) is 0 Å². The van der Waals surface area contributed by atoms with Crippen LogP contribution in [0.3, 0.4) is 0 Å². The molecule has 3 aromatic rings. The largest absolute Gasteiger partial charge is 0.394 e. The van der Waals surface area contributed by atoms with Crippen molar-refractivity contribution in [2.45, 2.75) is 12.0 Å². The molecule has 1 aliphatic carbocycles. The summed E-state index contributed by atoms with van der Waals surface area (Å²) in [6, 6.07) is 14.3. The van der Waals surface area contributed by atoms with Gasteiger partial charge in [-0.25, -0.2) is 4.68 Å². The van der Waals surface area contributed by atoms with E-state index in [1.54, 1.807) is 0 Å². The van der Waals surface area contributed by atoms with E-state index < -0.39 is 24.5 Å². The fourth-order valence-electron chi connectivity index (χ4n) is 3.35. The maximum atomic E-state index is 13.0. The molecule has 27 heavy (non-hydrogen) atoms. The zero-order chi connectivity index (χ0) is 18.8. The van der Waals surface area contributed by atoms with E-state index in [0.717, 1.165) is 22.3 Å². The Hall–Kier alpha value is -3.52. The van der Waals surface area contributed by atoms with Crippen molar-refractivity contribution < 1.29 is 14.7 Å². The summed E-state index contributed by atoms with van der Waals surface area (Å²) in [7, 11) is 0. The summed E-state index contributed by atoms with van der Waals surface area (Å²) in [6.45, 7) is -0.532. The van der Waals surface area contributed by atoms with Crippen LogP contribution in [0.2, 0.25) is 0 Å². The van der Waals surface area contributed by atoms with Crippen LogP contribution in [0, 0.1) is 0 Å². The van der Waals surface area contributed by atoms with E-state index in [4.69, 9.17) is 0 Å².